The molecule has 3 aliphatic rings. The third-order valence-electron chi connectivity index (χ3n) is 5.75. The van der Waals surface area contributed by atoms with Gasteiger partial charge in [-0.15, -0.1) is 0 Å². The number of benzene rings is 1. The molecule has 2 heteroatoms. The first-order chi connectivity index (χ1) is 11.2. The molecule has 0 aliphatic heterocycles. The van der Waals surface area contributed by atoms with Crippen LogP contribution in [-0.2, 0) is 9.53 Å². The Bertz CT molecular complexity index is 781. The molecule has 0 amide bonds. The van der Waals surface area contributed by atoms with E-state index >= 15 is 0 Å². The van der Waals surface area contributed by atoms with Gasteiger partial charge in [-0.05, 0) is 49.0 Å². The molecular formula is C21H24O2. The molecule has 2 unspecified atom stereocenters. The highest BCUT2D eigenvalue weighted by atomic mass is 16.5. The van der Waals surface area contributed by atoms with E-state index in [0.29, 0.717) is 17.4 Å². The van der Waals surface area contributed by atoms with Gasteiger partial charge in [0.25, 0.3) is 0 Å². The Morgan fingerprint density at radius 1 is 1.26 bits per heavy atom. The lowest BCUT2D eigenvalue weighted by Crippen LogP contribution is -2.30. The van der Waals surface area contributed by atoms with Crippen molar-refractivity contribution in [1.82, 2.24) is 0 Å². The summed E-state index contributed by atoms with van der Waals surface area (Å²) in [6.07, 6.45) is 9.60. The van der Waals surface area contributed by atoms with Gasteiger partial charge in [-0.3, -0.25) is 0 Å². The zero-order valence-corrected chi connectivity index (χ0v) is 13.8. The second-order valence-corrected chi connectivity index (χ2v) is 7.26. The molecule has 0 radical (unpaired) electrons. The number of carbonyl (C=O) groups is 1. The molecule has 1 saturated carbocycles. The monoisotopic (exact) mass is 308 g/mol. The first-order valence-corrected chi connectivity index (χ1v) is 8.85. The van der Waals surface area contributed by atoms with E-state index in [1.165, 1.54) is 41.7 Å². The van der Waals surface area contributed by atoms with Crippen molar-refractivity contribution in [1.29, 1.82) is 0 Å². The number of hydrogen-bond donors (Lipinski definition) is 0. The van der Waals surface area contributed by atoms with Gasteiger partial charge in [0.2, 0.25) is 0 Å². The van der Waals surface area contributed by atoms with Crippen LogP contribution < -0.4 is 10.4 Å². The van der Waals surface area contributed by atoms with E-state index in [-0.39, 0.29) is 12.1 Å². The average Bonchev–Trinajstić information content (AvgIpc) is 3.16. The van der Waals surface area contributed by atoms with E-state index in [0.717, 1.165) is 12.8 Å². The standard InChI is InChI=1S/C21H24O2/c1-13(2)21(22)23-20-17-12-6-10-14-9-5-11-16(18(14)17)19(20)15-7-3-4-8-15/h6,9-10,12,15,19-20H,1,3-5,7-8,11H2,2H3. The van der Waals surface area contributed by atoms with Crippen molar-refractivity contribution in [3.63, 3.8) is 0 Å². The SMILES string of the molecule is C=C(C)C(=O)OC1c2cccc3c2=C(CCC=3)C1C1CCCC1. The van der Waals surface area contributed by atoms with Gasteiger partial charge in [0.05, 0.1) is 0 Å². The van der Waals surface area contributed by atoms with Crippen molar-refractivity contribution in [2.75, 3.05) is 0 Å². The van der Waals surface area contributed by atoms with Crippen molar-refractivity contribution in [3.05, 3.63) is 46.4 Å². The van der Waals surface area contributed by atoms with E-state index in [1.807, 2.05) is 0 Å². The molecule has 1 aromatic carbocycles. The van der Waals surface area contributed by atoms with Crippen LogP contribution in [0.2, 0.25) is 0 Å². The lowest BCUT2D eigenvalue weighted by Gasteiger charge is -2.29. The van der Waals surface area contributed by atoms with Crippen LogP contribution in [0.4, 0.5) is 0 Å². The summed E-state index contributed by atoms with van der Waals surface area (Å²) in [5.74, 6) is 0.788. The van der Waals surface area contributed by atoms with Crippen LogP contribution in [0, 0.1) is 11.8 Å². The lowest BCUT2D eigenvalue weighted by atomic mass is 9.81. The van der Waals surface area contributed by atoms with Crippen LogP contribution in [0.5, 0.6) is 0 Å². The summed E-state index contributed by atoms with van der Waals surface area (Å²) in [4.78, 5) is 12.2. The predicted molar refractivity (Wildman–Crippen MR) is 91.9 cm³/mol. The van der Waals surface area contributed by atoms with Crippen LogP contribution in [-0.4, -0.2) is 5.97 Å². The number of rotatable bonds is 3. The van der Waals surface area contributed by atoms with E-state index in [4.69, 9.17) is 4.74 Å². The first-order valence-electron chi connectivity index (χ1n) is 8.85. The van der Waals surface area contributed by atoms with Gasteiger partial charge in [0, 0.05) is 17.1 Å². The Labute approximate surface area is 137 Å². The largest absolute Gasteiger partial charge is 0.453 e. The maximum Gasteiger partial charge on any atom is 0.333 e. The molecule has 0 spiro atoms. The summed E-state index contributed by atoms with van der Waals surface area (Å²) in [7, 11) is 0. The molecule has 120 valence electrons. The summed E-state index contributed by atoms with van der Waals surface area (Å²) in [5.41, 5.74) is 3.26. The third-order valence-corrected chi connectivity index (χ3v) is 5.75. The van der Waals surface area contributed by atoms with E-state index in [2.05, 4.69) is 30.9 Å². The van der Waals surface area contributed by atoms with Gasteiger partial charge in [-0.25, -0.2) is 4.79 Å². The van der Waals surface area contributed by atoms with Gasteiger partial charge >= 0.3 is 5.97 Å². The normalized spacial score (nSPS) is 25.9. The van der Waals surface area contributed by atoms with Crippen molar-refractivity contribution in [3.8, 4) is 0 Å². The van der Waals surface area contributed by atoms with Crippen molar-refractivity contribution >= 4 is 17.6 Å². The minimum atomic E-state index is -0.251. The first kappa shape index (κ1) is 14.7. The number of hydrogen-bond acceptors (Lipinski definition) is 2. The zero-order chi connectivity index (χ0) is 16.0. The Morgan fingerprint density at radius 2 is 2.04 bits per heavy atom. The quantitative estimate of drug-likeness (QED) is 0.632. The van der Waals surface area contributed by atoms with Crippen LogP contribution >= 0.6 is 0 Å². The van der Waals surface area contributed by atoms with E-state index in [1.54, 1.807) is 12.5 Å². The summed E-state index contributed by atoms with van der Waals surface area (Å²) >= 11 is 0. The molecule has 1 aromatic rings. The Hall–Kier alpha value is -1.83. The smallest absolute Gasteiger partial charge is 0.333 e. The van der Waals surface area contributed by atoms with Crippen LogP contribution in [0.25, 0.3) is 11.6 Å². The molecule has 23 heavy (non-hydrogen) atoms. The van der Waals surface area contributed by atoms with Gasteiger partial charge in [0.15, 0.2) is 0 Å². The number of carbonyl (C=O) groups excluding carboxylic acids is 1. The fourth-order valence-electron chi connectivity index (χ4n) is 4.79. The molecule has 0 heterocycles. The molecular weight excluding hydrogens is 284 g/mol. The average molecular weight is 308 g/mol. The molecule has 0 N–H and O–H groups in total. The Morgan fingerprint density at radius 3 is 2.78 bits per heavy atom. The fraction of sp³-hybridized carbons (Fsp3) is 0.476. The molecule has 0 saturated heterocycles. The highest BCUT2D eigenvalue weighted by Crippen LogP contribution is 2.47. The molecule has 2 atom stereocenters. The predicted octanol–water partition coefficient (Wildman–Crippen LogP) is 3.39. The number of ether oxygens (including phenoxy) is 1. The Kier molecular flexibility index (Phi) is 3.63. The highest BCUT2D eigenvalue weighted by molar-refractivity contribution is 5.87. The summed E-state index contributed by atoms with van der Waals surface area (Å²) in [6, 6.07) is 6.46. The molecule has 2 nitrogen and oxygen atoms in total. The number of esters is 1. The van der Waals surface area contributed by atoms with Crippen molar-refractivity contribution in [2.24, 2.45) is 11.8 Å². The maximum atomic E-state index is 12.2. The van der Waals surface area contributed by atoms with Crippen molar-refractivity contribution < 1.29 is 9.53 Å². The lowest BCUT2D eigenvalue weighted by molar-refractivity contribution is -0.147. The summed E-state index contributed by atoms with van der Waals surface area (Å²) < 4.78 is 5.97. The molecule has 0 bridgehead atoms. The summed E-state index contributed by atoms with van der Waals surface area (Å²) in [6.45, 7) is 5.49. The maximum absolute atomic E-state index is 12.2. The second kappa shape index (κ2) is 5.67. The molecule has 1 fully saturated rings. The van der Waals surface area contributed by atoms with Gasteiger partial charge in [-0.2, -0.15) is 0 Å². The minimum Gasteiger partial charge on any atom is -0.453 e. The van der Waals surface area contributed by atoms with Crippen molar-refractivity contribution in [2.45, 2.75) is 51.6 Å². The minimum absolute atomic E-state index is 0.112. The molecule has 4 rings (SSSR count). The van der Waals surface area contributed by atoms with Gasteiger partial charge < -0.3 is 4.74 Å². The summed E-state index contributed by atoms with van der Waals surface area (Å²) in [5, 5.41) is 2.72. The van der Waals surface area contributed by atoms with E-state index < -0.39 is 0 Å². The Balaban J connectivity index is 1.82. The molecule has 0 aromatic heterocycles. The highest BCUT2D eigenvalue weighted by Gasteiger charge is 2.42. The van der Waals surface area contributed by atoms with Gasteiger partial charge in [0.1, 0.15) is 6.10 Å². The van der Waals surface area contributed by atoms with Crippen LogP contribution in [0.3, 0.4) is 0 Å². The topological polar surface area (TPSA) is 26.3 Å². The fourth-order valence-corrected chi connectivity index (χ4v) is 4.79. The van der Waals surface area contributed by atoms with E-state index in [9.17, 15) is 4.79 Å². The molecule has 3 aliphatic carbocycles. The van der Waals surface area contributed by atoms with Crippen LogP contribution in [0.15, 0.2) is 30.4 Å². The second-order valence-electron chi connectivity index (χ2n) is 7.26. The van der Waals surface area contributed by atoms with Gasteiger partial charge in [-0.1, -0.05) is 49.3 Å². The zero-order valence-electron chi connectivity index (χ0n) is 13.8. The van der Waals surface area contributed by atoms with Crippen LogP contribution in [0.1, 0.15) is 57.1 Å². The third kappa shape index (κ3) is 2.36.